The lowest BCUT2D eigenvalue weighted by Crippen LogP contribution is -1.79. The molecule has 1 rings (SSSR count). The van der Waals surface area contributed by atoms with Gasteiger partial charge in [-0.25, -0.2) is 0 Å². The second-order valence-electron chi connectivity index (χ2n) is 3.42. The van der Waals surface area contributed by atoms with Crippen LogP contribution in [0.1, 0.15) is 24.8 Å². The van der Waals surface area contributed by atoms with Crippen LogP contribution in [0.5, 0.6) is 0 Å². The minimum absolute atomic E-state index is 0.299. The van der Waals surface area contributed by atoms with Crippen LogP contribution in [0.4, 0.5) is 0 Å². The Kier molecular flexibility index (Phi) is 6.26. The zero-order valence-electron chi connectivity index (χ0n) is 8.97. The molecule has 0 bridgehead atoms. The van der Waals surface area contributed by atoms with Gasteiger partial charge in [-0.1, -0.05) is 54.6 Å². The van der Waals surface area contributed by atoms with E-state index in [4.69, 9.17) is 5.11 Å². The van der Waals surface area contributed by atoms with Crippen LogP contribution in [0.2, 0.25) is 0 Å². The van der Waals surface area contributed by atoms with Crippen LogP contribution in [-0.4, -0.2) is 11.7 Å². The first-order valence-corrected chi connectivity index (χ1v) is 5.42. The molecule has 1 nitrogen and oxygen atoms in total. The fourth-order valence-corrected chi connectivity index (χ4v) is 1.28. The van der Waals surface area contributed by atoms with E-state index in [0.717, 1.165) is 19.3 Å². The van der Waals surface area contributed by atoms with Crippen LogP contribution in [0, 0.1) is 0 Å². The molecule has 0 atom stereocenters. The summed E-state index contributed by atoms with van der Waals surface area (Å²) in [4.78, 5) is 0. The van der Waals surface area contributed by atoms with Gasteiger partial charge in [-0.15, -0.1) is 0 Å². The van der Waals surface area contributed by atoms with Gasteiger partial charge >= 0.3 is 0 Å². The molecule has 0 fully saturated rings. The molecule has 0 saturated heterocycles. The fraction of sp³-hybridized carbons (Fsp3) is 0.286. The highest BCUT2D eigenvalue weighted by atomic mass is 16.2. The van der Waals surface area contributed by atoms with E-state index in [9.17, 15) is 0 Å². The normalized spacial score (nSPS) is 11.5. The maximum atomic E-state index is 8.58. The van der Waals surface area contributed by atoms with E-state index in [1.807, 2.05) is 24.3 Å². The largest absolute Gasteiger partial charge is 0.396 e. The highest BCUT2D eigenvalue weighted by Gasteiger charge is 1.82. The molecule has 0 spiro atoms. The maximum absolute atomic E-state index is 8.58. The summed E-state index contributed by atoms with van der Waals surface area (Å²) in [5.41, 5.74) is 1.22. The van der Waals surface area contributed by atoms with Crippen molar-refractivity contribution in [1.82, 2.24) is 0 Å². The number of hydrogen-bond acceptors (Lipinski definition) is 1. The van der Waals surface area contributed by atoms with Crippen molar-refractivity contribution in [2.45, 2.75) is 19.3 Å². The molecule has 0 radical (unpaired) electrons. The minimum atomic E-state index is 0.299. The van der Waals surface area contributed by atoms with Crippen molar-refractivity contribution < 1.29 is 5.11 Å². The molecular weight excluding hydrogens is 184 g/mol. The van der Waals surface area contributed by atoms with Gasteiger partial charge in [0.2, 0.25) is 0 Å². The van der Waals surface area contributed by atoms with Crippen LogP contribution in [0.15, 0.2) is 48.6 Å². The summed E-state index contributed by atoms with van der Waals surface area (Å²) in [6.07, 6.45) is 11.3. The summed E-state index contributed by atoms with van der Waals surface area (Å²) in [5, 5.41) is 8.58. The quantitative estimate of drug-likeness (QED) is 0.553. The van der Waals surface area contributed by atoms with Crippen molar-refractivity contribution in [3.8, 4) is 0 Å². The molecule has 0 aliphatic carbocycles. The molecule has 0 unspecified atom stereocenters. The number of aliphatic hydroxyl groups is 1. The summed E-state index contributed by atoms with van der Waals surface area (Å²) in [5.74, 6) is 0. The average Bonchev–Trinajstić information content (AvgIpc) is 2.29. The number of rotatable bonds is 6. The molecule has 15 heavy (non-hydrogen) atoms. The lowest BCUT2D eigenvalue weighted by molar-refractivity contribution is 0.285. The first-order valence-electron chi connectivity index (χ1n) is 5.42. The predicted octanol–water partition coefficient (Wildman–Crippen LogP) is 3.42. The molecule has 0 saturated carbocycles. The molecule has 0 amide bonds. The second kappa shape index (κ2) is 8.01. The molecule has 1 aromatic carbocycles. The SMILES string of the molecule is OCCCCC=CC=Cc1ccccc1. The highest BCUT2D eigenvalue weighted by molar-refractivity contribution is 5.50. The standard InChI is InChI=1S/C14H18O/c15-13-9-4-2-1-3-6-10-14-11-7-5-8-12-14/h1,3,5-8,10-12,15H,2,4,9,13H2. The van der Waals surface area contributed by atoms with E-state index in [1.54, 1.807) is 0 Å². The number of aliphatic hydroxyl groups excluding tert-OH is 1. The van der Waals surface area contributed by atoms with Gasteiger partial charge < -0.3 is 5.11 Å². The monoisotopic (exact) mass is 202 g/mol. The average molecular weight is 202 g/mol. The van der Waals surface area contributed by atoms with Gasteiger partial charge in [-0.05, 0) is 24.8 Å². The van der Waals surface area contributed by atoms with E-state index in [0.29, 0.717) is 6.61 Å². The second-order valence-corrected chi connectivity index (χ2v) is 3.42. The zero-order valence-corrected chi connectivity index (χ0v) is 8.97. The Balaban J connectivity index is 2.22. The van der Waals surface area contributed by atoms with Crippen LogP contribution in [-0.2, 0) is 0 Å². The fourth-order valence-electron chi connectivity index (χ4n) is 1.28. The van der Waals surface area contributed by atoms with E-state index in [-0.39, 0.29) is 0 Å². The number of unbranched alkanes of at least 4 members (excludes halogenated alkanes) is 2. The Bertz CT molecular complexity index is 298. The predicted molar refractivity (Wildman–Crippen MR) is 65.6 cm³/mol. The lowest BCUT2D eigenvalue weighted by Gasteiger charge is -1.90. The zero-order chi connectivity index (χ0) is 10.8. The summed E-state index contributed by atoms with van der Waals surface area (Å²) in [6, 6.07) is 10.2. The topological polar surface area (TPSA) is 20.2 Å². The Labute approximate surface area is 91.8 Å². The van der Waals surface area contributed by atoms with Crippen molar-refractivity contribution in [2.75, 3.05) is 6.61 Å². The molecule has 80 valence electrons. The minimum Gasteiger partial charge on any atom is -0.396 e. The molecule has 0 aliphatic rings. The number of benzene rings is 1. The molecule has 0 aliphatic heterocycles. The summed E-state index contributed by atoms with van der Waals surface area (Å²) < 4.78 is 0. The highest BCUT2D eigenvalue weighted by Crippen LogP contribution is 2.01. The van der Waals surface area contributed by atoms with Crippen molar-refractivity contribution in [3.63, 3.8) is 0 Å². The van der Waals surface area contributed by atoms with Crippen molar-refractivity contribution in [2.24, 2.45) is 0 Å². The molecular formula is C14H18O. The third-order valence-electron chi connectivity index (χ3n) is 2.11. The van der Waals surface area contributed by atoms with Gasteiger partial charge in [0.1, 0.15) is 0 Å². The summed E-state index contributed by atoms with van der Waals surface area (Å²) in [6.45, 7) is 0.299. The Morgan fingerprint density at radius 2 is 1.80 bits per heavy atom. The Morgan fingerprint density at radius 1 is 1.00 bits per heavy atom. The molecule has 1 aromatic rings. The van der Waals surface area contributed by atoms with Gasteiger partial charge in [0.15, 0.2) is 0 Å². The van der Waals surface area contributed by atoms with Crippen LogP contribution in [0.25, 0.3) is 6.08 Å². The maximum Gasteiger partial charge on any atom is 0.0431 e. The molecule has 1 N–H and O–H groups in total. The van der Waals surface area contributed by atoms with Crippen LogP contribution < -0.4 is 0 Å². The summed E-state index contributed by atoms with van der Waals surface area (Å²) >= 11 is 0. The molecule has 0 heterocycles. The van der Waals surface area contributed by atoms with E-state index >= 15 is 0 Å². The Hall–Kier alpha value is -1.34. The van der Waals surface area contributed by atoms with E-state index < -0.39 is 0 Å². The third-order valence-corrected chi connectivity index (χ3v) is 2.11. The smallest absolute Gasteiger partial charge is 0.0431 e. The van der Waals surface area contributed by atoms with Crippen molar-refractivity contribution >= 4 is 6.08 Å². The van der Waals surface area contributed by atoms with Gasteiger partial charge in [0.25, 0.3) is 0 Å². The molecule has 1 heteroatoms. The summed E-state index contributed by atoms with van der Waals surface area (Å²) in [7, 11) is 0. The third kappa shape index (κ3) is 5.87. The van der Waals surface area contributed by atoms with Gasteiger partial charge in [-0.3, -0.25) is 0 Å². The lowest BCUT2D eigenvalue weighted by atomic mass is 10.2. The van der Waals surface area contributed by atoms with Gasteiger partial charge in [-0.2, -0.15) is 0 Å². The first-order chi connectivity index (χ1) is 7.43. The molecule has 0 aromatic heterocycles. The van der Waals surface area contributed by atoms with Crippen molar-refractivity contribution in [1.29, 1.82) is 0 Å². The van der Waals surface area contributed by atoms with Crippen LogP contribution >= 0.6 is 0 Å². The van der Waals surface area contributed by atoms with Gasteiger partial charge in [0.05, 0.1) is 0 Å². The number of allylic oxidation sites excluding steroid dienone is 3. The van der Waals surface area contributed by atoms with Crippen molar-refractivity contribution in [3.05, 3.63) is 54.1 Å². The van der Waals surface area contributed by atoms with E-state index in [1.165, 1.54) is 5.56 Å². The first kappa shape index (κ1) is 11.7. The van der Waals surface area contributed by atoms with Crippen LogP contribution in [0.3, 0.4) is 0 Å². The van der Waals surface area contributed by atoms with E-state index in [2.05, 4.69) is 30.4 Å². The Morgan fingerprint density at radius 3 is 2.53 bits per heavy atom. The number of hydrogen-bond donors (Lipinski definition) is 1. The van der Waals surface area contributed by atoms with Gasteiger partial charge in [0, 0.05) is 6.61 Å².